The van der Waals surface area contributed by atoms with E-state index in [1.807, 2.05) is 6.92 Å². The van der Waals surface area contributed by atoms with Gasteiger partial charge in [-0.3, -0.25) is 4.98 Å². The van der Waals surface area contributed by atoms with E-state index in [4.69, 9.17) is 22.1 Å². The number of nitrogens with zero attached hydrogens (tertiary/aromatic N) is 1. The lowest BCUT2D eigenvalue weighted by molar-refractivity contribution is 0.182. The van der Waals surface area contributed by atoms with Gasteiger partial charge in [0.05, 0.1) is 34.4 Å². The minimum absolute atomic E-state index is 0.375. The maximum absolute atomic E-state index is 6.19. The summed E-state index contributed by atoms with van der Waals surface area (Å²) >= 11 is 6.19. The number of hydrogen-bond acceptors (Lipinski definition) is 4. The first-order valence-electron chi connectivity index (χ1n) is 5.29. The van der Waals surface area contributed by atoms with Crippen LogP contribution in [0.15, 0.2) is 0 Å². The van der Waals surface area contributed by atoms with Crippen LogP contribution in [-0.2, 0) is 11.3 Å². The van der Waals surface area contributed by atoms with E-state index in [1.165, 1.54) is 0 Å². The first-order chi connectivity index (χ1) is 7.61. The molecule has 0 amide bonds. The highest BCUT2D eigenvalue weighted by Crippen LogP contribution is 2.32. The fraction of sp³-hybridized carbons (Fsp3) is 0.545. The van der Waals surface area contributed by atoms with E-state index in [1.54, 1.807) is 7.11 Å². The van der Waals surface area contributed by atoms with E-state index < -0.39 is 0 Å². The highest BCUT2D eigenvalue weighted by molar-refractivity contribution is 6.36. The van der Waals surface area contributed by atoms with Gasteiger partial charge < -0.3 is 15.8 Å². The van der Waals surface area contributed by atoms with Crippen molar-refractivity contribution < 1.29 is 4.74 Å². The number of methoxy groups -OCH3 is 1. The highest BCUT2D eigenvalue weighted by Gasteiger charge is 2.13. The van der Waals surface area contributed by atoms with Gasteiger partial charge in [-0.2, -0.15) is 0 Å². The summed E-state index contributed by atoms with van der Waals surface area (Å²) in [6.45, 7) is 5.22. The molecule has 1 aromatic rings. The van der Waals surface area contributed by atoms with Crippen molar-refractivity contribution in [1.82, 2.24) is 4.98 Å². The fourth-order valence-corrected chi connectivity index (χ4v) is 1.75. The quantitative estimate of drug-likeness (QED) is 0.835. The Kier molecular flexibility index (Phi) is 4.83. The normalized spacial score (nSPS) is 10.5. The Bertz CT molecular complexity index is 369. The predicted molar refractivity (Wildman–Crippen MR) is 67.9 cm³/mol. The molecule has 0 saturated carbocycles. The molecule has 0 aliphatic carbocycles. The van der Waals surface area contributed by atoms with Crippen molar-refractivity contribution in [1.29, 1.82) is 0 Å². The summed E-state index contributed by atoms with van der Waals surface area (Å²) in [6, 6.07) is 0. The van der Waals surface area contributed by atoms with Crippen LogP contribution in [-0.4, -0.2) is 18.6 Å². The molecule has 0 fully saturated rings. The number of aromatic nitrogens is 1. The van der Waals surface area contributed by atoms with Crippen LogP contribution >= 0.6 is 11.6 Å². The minimum atomic E-state index is 0.375. The lowest BCUT2D eigenvalue weighted by atomic mass is 10.2. The summed E-state index contributed by atoms with van der Waals surface area (Å²) in [5.41, 5.74) is 8.74. The van der Waals surface area contributed by atoms with Gasteiger partial charge in [0.2, 0.25) is 0 Å². The second-order valence-corrected chi connectivity index (χ2v) is 3.98. The number of nitrogens with two attached hydrogens (primary N) is 1. The third-order valence-corrected chi connectivity index (χ3v) is 2.66. The van der Waals surface area contributed by atoms with Crippen LogP contribution in [0.25, 0.3) is 0 Å². The molecule has 0 aromatic carbocycles. The highest BCUT2D eigenvalue weighted by atomic mass is 35.5. The molecule has 0 radical (unpaired) electrons. The summed E-state index contributed by atoms with van der Waals surface area (Å²) in [4.78, 5) is 4.38. The lowest BCUT2D eigenvalue weighted by Crippen LogP contribution is -2.09. The summed E-state index contributed by atoms with van der Waals surface area (Å²) in [5, 5.41) is 3.76. The molecule has 4 nitrogen and oxygen atoms in total. The molecule has 90 valence electrons. The van der Waals surface area contributed by atoms with Crippen LogP contribution in [0.5, 0.6) is 0 Å². The summed E-state index contributed by atoms with van der Waals surface area (Å²) in [5.74, 6) is 0. The van der Waals surface area contributed by atoms with Gasteiger partial charge in [0.25, 0.3) is 0 Å². The molecule has 5 heteroatoms. The Balaban J connectivity index is 3.07. The van der Waals surface area contributed by atoms with E-state index in [2.05, 4.69) is 17.2 Å². The number of hydrogen-bond donors (Lipinski definition) is 2. The van der Waals surface area contributed by atoms with Crippen LogP contribution in [0.3, 0.4) is 0 Å². The van der Waals surface area contributed by atoms with Crippen molar-refractivity contribution in [3.63, 3.8) is 0 Å². The number of nitrogens with one attached hydrogen (secondary N) is 1. The average Bonchev–Trinajstić information content (AvgIpc) is 2.26. The molecule has 1 aromatic heterocycles. The Morgan fingerprint density at radius 2 is 2.19 bits per heavy atom. The van der Waals surface area contributed by atoms with Crippen molar-refractivity contribution >= 4 is 23.0 Å². The van der Waals surface area contributed by atoms with Gasteiger partial charge in [-0.25, -0.2) is 0 Å². The largest absolute Gasteiger partial charge is 0.396 e. The van der Waals surface area contributed by atoms with Gasteiger partial charge in [0.1, 0.15) is 0 Å². The Hall–Kier alpha value is -1.00. The van der Waals surface area contributed by atoms with Crippen molar-refractivity contribution in [3.05, 3.63) is 16.4 Å². The standard InChI is InChI=1S/C11H18ClN3O/c1-4-5-14-11-7(2)15-8(6-16-3)10(13)9(11)12/h14H,4-6,13H2,1-3H3. The van der Waals surface area contributed by atoms with Crippen LogP contribution < -0.4 is 11.1 Å². The Labute approximate surface area is 101 Å². The topological polar surface area (TPSA) is 60.2 Å². The molecule has 16 heavy (non-hydrogen) atoms. The van der Waals surface area contributed by atoms with Crippen molar-refractivity contribution in [2.75, 3.05) is 24.7 Å². The van der Waals surface area contributed by atoms with E-state index in [0.29, 0.717) is 23.0 Å². The second kappa shape index (κ2) is 5.92. The molecule has 1 rings (SSSR count). The van der Waals surface area contributed by atoms with Crippen molar-refractivity contribution in [2.45, 2.75) is 26.9 Å². The smallest absolute Gasteiger partial charge is 0.0909 e. The Morgan fingerprint density at radius 3 is 2.75 bits per heavy atom. The van der Waals surface area contributed by atoms with Gasteiger partial charge in [0.15, 0.2) is 0 Å². The second-order valence-electron chi connectivity index (χ2n) is 3.61. The fourth-order valence-electron chi connectivity index (χ4n) is 1.44. The zero-order valence-electron chi connectivity index (χ0n) is 9.93. The predicted octanol–water partition coefficient (Wildman–Crippen LogP) is 2.59. The lowest BCUT2D eigenvalue weighted by Gasteiger charge is -2.14. The Morgan fingerprint density at radius 1 is 1.50 bits per heavy atom. The molecular formula is C11H18ClN3O. The average molecular weight is 244 g/mol. The van der Waals surface area contributed by atoms with Crippen LogP contribution in [0.1, 0.15) is 24.7 Å². The van der Waals surface area contributed by atoms with Gasteiger partial charge in [0, 0.05) is 13.7 Å². The van der Waals surface area contributed by atoms with Gasteiger partial charge in [-0.1, -0.05) is 18.5 Å². The number of ether oxygens (including phenoxy) is 1. The number of aryl methyl sites for hydroxylation is 1. The third-order valence-electron chi connectivity index (χ3n) is 2.26. The number of halogens is 1. The van der Waals surface area contributed by atoms with Crippen LogP contribution in [0.2, 0.25) is 5.02 Å². The molecular weight excluding hydrogens is 226 g/mol. The molecule has 0 atom stereocenters. The van der Waals surface area contributed by atoms with E-state index in [-0.39, 0.29) is 0 Å². The maximum atomic E-state index is 6.19. The van der Waals surface area contributed by atoms with Crippen molar-refractivity contribution in [3.8, 4) is 0 Å². The van der Waals surface area contributed by atoms with E-state index in [9.17, 15) is 0 Å². The molecule has 0 aliphatic heterocycles. The zero-order chi connectivity index (χ0) is 12.1. The monoisotopic (exact) mass is 243 g/mol. The SMILES string of the molecule is CCCNc1c(C)nc(COC)c(N)c1Cl. The molecule has 1 heterocycles. The molecule has 3 N–H and O–H groups in total. The molecule has 0 unspecified atom stereocenters. The van der Waals surface area contributed by atoms with E-state index >= 15 is 0 Å². The van der Waals surface area contributed by atoms with Crippen molar-refractivity contribution in [2.24, 2.45) is 0 Å². The zero-order valence-corrected chi connectivity index (χ0v) is 10.7. The number of rotatable bonds is 5. The maximum Gasteiger partial charge on any atom is 0.0909 e. The summed E-state index contributed by atoms with van der Waals surface area (Å²) < 4.78 is 5.02. The number of nitrogen functional groups attached to an aromatic ring is 1. The molecule has 0 bridgehead atoms. The van der Waals surface area contributed by atoms with E-state index in [0.717, 1.165) is 24.3 Å². The third kappa shape index (κ3) is 2.77. The van der Waals surface area contributed by atoms with Crippen LogP contribution in [0, 0.1) is 6.92 Å². The summed E-state index contributed by atoms with van der Waals surface area (Å²) in [6.07, 6.45) is 1.02. The van der Waals surface area contributed by atoms with Gasteiger partial charge in [-0.15, -0.1) is 0 Å². The summed E-state index contributed by atoms with van der Waals surface area (Å²) in [7, 11) is 1.60. The number of pyridine rings is 1. The minimum Gasteiger partial charge on any atom is -0.396 e. The molecule has 0 saturated heterocycles. The molecule has 0 aliphatic rings. The van der Waals surface area contributed by atoms with Crippen LogP contribution in [0.4, 0.5) is 11.4 Å². The number of anilines is 2. The molecule has 0 spiro atoms. The first-order valence-corrected chi connectivity index (χ1v) is 5.66. The van der Waals surface area contributed by atoms with Gasteiger partial charge >= 0.3 is 0 Å². The van der Waals surface area contributed by atoms with Gasteiger partial charge in [-0.05, 0) is 13.3 Å². The first kappa shape index (κ1) is 13.1.